The first-order chi connectivity index (χ1) is 8.18. The van der Waals surface area contributed by atoms with Gasteiger partial charge < -0.3 is 4.90 Å². The summed E-state index contributed by atoms with van der Waals surface area (Å²) in [5.74, 6) is 0.598. The number of rotatable bonds is 4. The Kier molecular flexibility index (Phi) is 3.91. The molecule has 0 radical (unpaired) electrons. The molecule has 2 atom stereocenters. The average Bonchev–Trinajstić information content (AvgIpc) is 2.69. The molecule has 1 aliphatic heterocycles. The van der Waals surface area contributed by atoms with Crippen molar-refractivity contribution in [1.82, 2.24) is 10.2 Å². The Morgan fingerprint density at radius 3 is 2.76 bits per heavy atom. The molecule has 2 rings (SSSR count). The summed E-state index contributed by atoms with van der Waals surface area (Å²) in [5.41, 5.74) is 1.07. The zero-order valence-electron chi connectivity index (χ0n) is 9.76. The van der Waals surface area contributed by atoms with Gasteiger partial charge in [0.1, 0.15) is 6.17 Å². The van der Waals surface area contributed by atoms with Crippen LogP contribution in [0.5, 0.6) is 0 Å². The van der Waals surface area contributed by atoms with E-state index in [1.165, 1.54) is 0 Å². The molecule has 0 aliphatic carbocycles. The smallest absolute Gasteiger partial charge is 0.238 e. The van der Waals surface area contributed by atoms with Gasteiger partial charge in [0.05, 0.1) is 6.54 Å². The van der Waals surface area contributed by atoms with Crippen LogP contribution in [-0.2, 0) is 15.6 Å². The topological polar surface area (TPSA) is 49.4 Å². The van der Waals surface area contributed by atoms with Crippen LogP contribution in [0.2, 0.25) is 0 Å². The van der Waals surface area contributed by atoms with Gasteiger partial charge in [0.25, 0.3) is 0 Å². The molecule has 1 aliphatic rings. The Labute approximate surface area is 103 Å². The normalized spacial score (nSPS) is 21.8. The third-order valence-electron chi connectivity index (χ3n) is 2.81. The molecule has 92 valence electrons. The van der Waals surface area contributed by atoms with Crippen LogP contribution >= 0.6 is 0 Å². The highest BCUT2D eigenvalue weighted by atomic mass is 32.2. The second-order valence-electron chi connectivity index (χ2n) is 4.06. The predicted octanol–water partition coefficient (Wildman–Crippen LogP) is 0.496. The number of hydrogen-bond donors (Lipinski definition) is 1. The number of amides is 1. The highest BCUT2D eigenvalue weighted by Crippen LogP contribution is 2.21. The standard InChI is InChI=1S/C12H16N2O2S/c1-17(16)8-7-14-11(15)9-13-12(14)10-5-3-2-4-6-10/h2-6,12-13H,7-9H2,1H3. The Morgan fingerprint density at radius 2 is 2.12 bits per heavy atom. The molecular weight excluding hydrogens is 236 g/mol. The zero-order chi connectivity index (χ0) is 12.3. The van der Waals surface area contributed by atoms with Crippen molar-refractivity contribution in [2.45, 2.75) is 6.17 Å². The van der Waals surface area contributed by atoms with Crippen molar-refractivity contribution in [3.8, 4) is 0 Å². The number of carbonyl (C=O) groups excluding carboxylic acids is 1. The van der Waals surface area contributed by atoms with E-state index in [9.17, 15) is 9.00 Å². The number of benzene rings is 1. The second-order valence-corrected chi connectivity index (χ2v) is 5.61. The molecule has 1 amide bonds. The molecule has 4 nitrogen and oxygen atoms in total. The Hall–Kier alpha value is -1.20. The van der Waals surface area contributed by atoms with Gasteiger partial charge in [-0.2, -0.15) is 0 Å². The molecular formula is C12H16N2O2S. The summed E-state index contributed by atoms with van der Waals surface area (Å²) < 4.78 is 11.1. The molecule has 0 spiro atoms. The van der Waals surface area contributed by atoms with E-state index in [4.69, 9.17) is 0 Å². The summed E-state index contributed by atoms with van der Waals surface area (Å²) in [5, 5.41) is 3.17. The van der Waals surface area contributed by atoms with E-state index in [1.807, 2.05) is 30.3 Å². The van der Waals surface area contributed by atoms with E-state index in [0.29, 0.717) is 18.8 Å². The molecule has 1 N–H and O–H groups in total. The quantitative estimate of drug-likeness (QED) is 0.848. The molecule has 5 heteroatoms. The van der Waals surface area contributed by atoms with Crippen LogP contribution in [0.3, 0.4) is 0 Å². The maximum absolute atomic E-state index is 11.7. The van der Waals surface area contributed by atoms with Crippen LogP contribution in [0.4, 0.5) is 0 Å². The van der Waals surface area contributed by atoms with Crippen molar-refractivity contribution in [3.05, 3.63) is 35.9 Å². The third kappa shape index (κ3) is 2.92. The van der Waals surface area contributed by atoms with E-state index < -0.39 is 10.8 Å². The Morgan fingerprint density at radius 1 is 1.41 bits per heavy atom. The first-order valence-electron chi connectivity index (χ1n) is 5.56. The van der Waals surface area contributed by atoms with Crippen LogP contribution in [0.15, 0.2) is 30.3 Å². The van der Waals surface area contributed by atoms with E-state index in [0.717, 1.165) is 5.56 Å². The number of nitrogens with zero attached hydrogens (tertiary/aromatic N) is 1. The van der Waals surface area contributed by atoms with Crippen molar-refractivity contribution in [3.63, 3.8) is 0 Å². The Bertz CT molecular complexity index is 422. The monoisotopic (exact) mass is 252 g/mol. The zero-order valence-corrected chi connectivity index (χ0v) is 10.6. The fourth-order valence-corrected chi connectivity index (χ4v) is 2.41. The Balaban J connectivity index is 2.11. The van der Waals surface area contributed by atoms with Gasteiger partial charge in [-0.25, -0.2) is 0 Å². The largest absolute Gasteiger partial charge is 0.321 e. The number of hydrogen-bond acceptors (Lipinski definition) is 3. The van der Waals surface area contributed by atoms with Crippen molar-refractivity contribution in [2.75, 3.05) is 25.1 Å². The number of carbonyl (C=O) groups is 1. The fourth-order valence-electron chi connectivity index (χ4n) is 1.95. The van der Waals surface area contributed by atoms with Crippen molar-refractivity contribution >= 4 is 16.7 Å². The minimum Gasteiger partial charge on any atom is -0.321 e. The molecule has 17 heavy (non-hydrogen) atoms. The number of nitrogens with one attached hydrogen (secondary N) is 1. The summed E-state index contributed by atoms with van der Waals surface area (Å²) in [6, 6.07) is 9.84. The van der Waals surface area contributed by atoms with Crippen molar-refractivity contribution in [1.29, 1.82) is 0 Å². The van der Waals surface area contributed by atoms with Crippen LogP contribution in [0.1, 0.15) is 11.7 Å². The predicted molar refractivity (Wildman–Crippen MR) is 67.8 cm³/mol. The minimum atomic E-state index is -0.870. The lowest BCUT2D eigenvalue weighted by atomic mass is 10.1. The summed E-state index contributed by atoms with van der Waals surface area (Å²) in [6.07, 6.45) is 1.58. The molecule has 1 saturated heterocycles. The van der Waals surface area contributed by atoms with Gasteiger partial charge in [0.15, 0.2) is 0 Å². The molecule has 1 aromatic carbocycles. The highest BCUT2D eigenvalue weighted by Gasteiger charge is 2.30. The van der Waals surface area contributed by atoms with Gasteiger partial charge in [0, 0.05) is 29.4 Å². The molecule has 0 bridgehead atoms. The second kappa shape index (κ2) is 5.42. The molecule has 2 unspecified atom stereocenters. The van der Waals surface area contributed by atoms with Crippen LogP contribution in [-0.4, -0.2) is 40.1 Å². The summed E-state index contributed by atoms with van der Waals surface area (Å²) in [4.78, 5) is 13.5. The highest BCUT2D eigenvalue weighted by molar-refractivity contribution is 7.84. The van der Waals surface area contributed by atoms with Crippen molar-refractivity contribution < 1.29 is 9.00 Å². The van der Waals surface area contributed by atoms with Crippen molar-refractivity contribution in [2.24, 2.45) is 0 Å². The van der Waals surface area contributed by atoms with Gasteiger partial charge in [-0.05, 0) is 5.56 Å². The van der Waals surface area contributed by atoms with Gasteiger partial charge in [0.2, 0.25) is 5.91 Å². The van der Waals surface area contributed by atoms with Crippen LogP contribution < -0.4 is 5.32 Å². The summed E-state index contributed by atoms with van der Waals surface area (Å²) >= 11 is 0. The summed E-state index contributed by atoms with van der Waals surface area (Å²) in [6.45, 7) is 0.893. The van der Waals surface area contributed by atoms with E-state index in [-0.39, 0.29) is 12.1 Å². The van der Waals surface area contributed by atoms with Gasteiger partial charge in [-0.15, -0.1) is 0 Å². The lowest BCUT2D eigenvalue weighted by Gasteiger charge is -2.24. The van der Waals surface area contributed by atoms with Crippen LogP contribution in [0.25, 0.3) is 0 Å². The fraction of sp³-hybridized carbons (Fsp3) is 0.417. The average molecular weight is 252 g/mol. The van der Waals surface area contributed by atoms with Crippen LogP contribution in [0, 0.1) is 0 Å². The lowest BCUT2D eigenvalue weighted by Crippen LogP contribution is -2.33. The van der Waals surface area contributed by atoms with Gasteiger partial charge >= 0.3 is 0 Å². The van der Waals surface area contributed by atoms with E-state index in [2.05, 4.69) is 5.32 Å². The molecule has 0 aromatic heterocycles. The maximum Gasteiger partial charge on any atom is 0.238 e. The molecule has 1 aromatic rings. The van der Waals surface area contributed by atoms with Gasteiger partial charge in [-0.1, -0.05) is 30.3 Å². The molecule has 1 heterocycles. The minimum absolute atomic E-state index is 0.0734. The molecule has 1 fully saturated rings. The SMILES string of the molecule is CS(=O)CCN1C(=O)CNC1c1ccccc1. The summed E-state index contributed by atoms with van der Waals surface area (Å²) in [7, 11) is -0.870. The first-order valence-corrected chi connectivity index (χ1v) is 7.29. The van der Waals surface area contributed by atoms with E-state index in [1.54, 1.807) is 11.2 Å². The lowest BCUT2D eigenvalue weighted by molar-refractivity contribution is -0.127. The first kappa shape index (κ1) is 12.3. The molecule has 0 saturated carbocycles. The maximum atomic E-state index is 11.7. The van der Waals surface area contributed by atoms with Gasteiger partial charge in [-0.3, -0.25) is 14.3 Å². The van der Waals surface area contributed by atoms with E-state index >= 15 is 0 Å². The third-order valence-corrected chi connectivity index (χ3v) is 3.57.